The lowest BCUT2D eigenvalue weighted by atomic mass is 9.79. The number of piperidine rings is 4. The molecule has 24 heteroatoms. The average molecular weight is 1710 g/mol. The molecule has 0 amide bonds. The molecule has 4 fully saturated rings. The fourth-order valence-electron chi connectivity index (χ4n) is 15.0. The molecule has 12 unspecified atom stereocenters. The van der Waals surface area contributed by atoms with Crippen molar-refractivity contribution in [1.29, 1.82) is 0 Å². The van der Waals surface area contributed by atoms with Crippen LogP contribution in [0.25, 0.3) is 0 Å². The highest BCUT2D eigenvalue weighted by atomic mass is 16.6. The molecule has 8 aliphatic rings. The molecule has 24 nitrogen and oxygen atoms in total. The van der Waals surface area contributed by atoms with Crippen molar-refractivity contribution in [3.63, 3.8) is 0 Å². The summed E-state index contributed by atoms with van der Waals surface area (Å²) >= 11 is 0. The van der Waals surface area contributed by atoms with E-state index in [1.54, 1.807) is 107 Å². The molecular formula is C96H152N8O16. The number of ether oxygens (including phenoxy) is 12. The van der Waals surface area contributed by atoms with Crippen molar-refractivity contribution in [1.82, 2.24) is 19.6 Å². The Labute approximate surface area is 762 Å². The van der Waals surface area contributed by atoms with Crippen LogP contribution >= 0.6 is 0 Å². The predicted octanol–water partition coefficient (Wildman–Crippen LogP) is 14.3. The van der Waals surface area contributed by atoms with E-state index in [-0.39, 0.29) is 105 Å². The molecule has 0 aromatic heterocycles. The van der Waals surface area contributed by atoms with Crippen LogP contribution in [-0.2, 0) is 63.8 Å². The third-order valence-corrected chi connectivity index (χ3v) is 21.8. The monoisotopic (exact) mass is 1700 g/mol. The normalized spacial score (nSPS) is 35.8. The van der Waals surface area contributed by atoms with E-state index in [1.165, 1.54) is 62.4 Å². The van der Waals surface area contributed by atoms with Crippen LogP contribution in [0.3, 0.4) is 0 Å². The van der Waals surface area contributed by atoms with Crippen LogP contribution in [0.2, 0.25) is 0 Å². The second kappa shape index (κ2) is 43.9. The number of methoxy groups -OCH3 is 8. The minimum atomic E-state index is -3.41. The first-order valence-corrected chi connectivity index (χ1v) is 41.5. The molecule has 4 saturated heterocycles. The maximum Gasteiger partial charge on any atom is 0.323 e. The summed E-state index contributed by atoms with van der Waals surface area (Å²) in [5.41, 5.74) is 25.6. The molecule has 0 radical (unpaired) electrons. The Balaban J connectivity index is 0.000000224. The van der Waals surface area contributed by atoms with Crippen molar-refractivity contribution in [3.05, 3.63) is 93.0 Å². The molecule has 8 aliphatic heterocycles. The summed E-state index contributed by atoms with van der Waals surface area (Å²) in [5, 5.41) is 0. The van der Waals surface area contributed by atoms with Crippen LogP contribution in [-0.4, -0.2) is 201 Å². The highest BCUT2D eigenvalue weighted by molar-refractivity contribution is 5.77. The number of benzene rings is 4. The van der Waals surface area contributed by atoms with Crippen molar-refractivity contribution in [2.45, 2.75) is 260 Å². The minimum absolute atomic E-state index is 0.00215. The highest BCUT2D eigenvalue weighted by Crippen LogP contribution is 2.50. The number of fused-ring (bicyclic) bond motifs is 12. The quantitative estimate of drug-likeness (QED) is 0.0303. The fraction of sp³-hybridized carbons (Fsp3) is 0.708. The van der Waals surface area contributed by atoms with Crippen LogP contribution in [0.5, 0.6) is 46.0 Å². The maximum atomic E-state index is 13.1. The first-order valence-electron chi connectivity index (χ1n) is 57.0. The molecule has 0 aliphatic carbocycles. The van der Waals surface area contributed by atoms with Gasteiger partial charge in [0.25, 0.3) is 0 Å². The van der Waals surface area contributed by atoms with Gasteiger partial charge >= 0.3 is 23.9 Å². The third-order valence-electron chi connectivity index (χ3n) is 21.8. The second-order valence-electron chi connectivity index (χ2n) is 34.3. The molecule has 8 N–H and O–H groups in total. The zero-order valence-corrected chi connectivity index (χ0v) is 73.8. The zero-order valence-electron chi connectivity index (χ0n) is 105. The van der Waals surface area contributed by atoms with E-state index in [2.05, 4.69) is 0 Å². The summed E-state index contributed by atoms with van der Waals surface area (Å²) in [6.45, 7) is 17.6. The van der Waals surface area contributed by atoms with Crippen LogP contribution < -0.4 is 60.8 Å². The molecule has 16 atom stereocenters. The molecule has 8 heterocycles. The van der Waals surface area contributed by atoms with E-state index in [0.717, 1.165) is 18.2 Å². The van der Waals surface area contributed by atoms with Gasteiger partial charge in [-0.2, -0.15) is 0 Å². The molecular weight excluding hydrogens is 1520 g/mol. The lowest BCUT2D eigenvalue weighted by Crippen LogP contribution is -2.51. The molecule has 672 valence electrons. The lowest BCUT2D eigenvalue weighted by molar-refractivity contribution is -0.161. The van der Waals surface area contributed by atoms with Gasteiger partial charge < -0.3 is 79.8 Å². The predicted molar refractivity (Wildman–Crippen MR) is 471 cm³/mol. The summed E-state index contributed by atoms with van der Waals surface area (Å²) in [5.74, 6) is -13.2. The molecule has 0 bridgehead atoms. The van der Waals surface area contributed by atoms with Crippen LogP contribution in [0, 0.1) is 70.9 Å². The van der Waals surface area contributed by atoms with Crippen molar-refractivity contribution in [2.75, 3.05) is 109 Å². The van der Waals surface area contributed by atoms with E-state index in [0.29, 0.717) is 63.0 Å². The van der Waals surface area contributed by atoms with E-state index < -0.39 is 239 Å². The summed E-state index contributed by atoms with van der Waals surface area (Å²) in [6, 6.07) is -3.28. The van der Waals surface area contributed by atoms with E-state index in [4.69, 9.17) is 104 Å². The Bertz CT molecular complexity index is 5400. The van der Waals surface area contributed by atoms with Crippen molar-refractivity contribution in [2.24, 2.45) is 93.9 Å². The van der Waals surface area contributed by atoms with Gasteiger partial charge in [-0.15, -0.1) is 0 Å². The van der Waals surface area contributed by atoms with Gasteiger partial charge in [-0.05, 0) is 192 Å². The Hall–Kier alpha value is -7.16. The number of esters is 4. The molecule has 4 aromatic rings. The average Bonchev–Trinajstić information content (AvgIpc) is 0.640. The number of rotatable bonds is 28. The van der Waals surface area contributed by atoms with E-state index in [1.807, 2.05) is 27.7 Å². The summed E-state index contributed by atoms with van der Waals surface area (Å²) in [7, 11) is 2.36. The SMILES string of the molecule is [2H]C([2H])([2H])Oc1cc2c(cc1OC)C1N(CC2)C([2H])([2H])C([2H])(CC(C)C)C(OC(=O)[C@@H](N)C(C)C)C1([2H])[2H].[2H]C1([2H])C2c3cc(OC)c(OC)cc3CCN2C([2H])([2H])C([2H])(CC(C)C)C1OC(=O)[C@@H](N)C(C)C.[2H]C1([2H])C2c3cc(OC)c(OC)cc3CCN2C([2H])([2H])C([2H])(CC(C)C)C1OC(=O)[C@@H](N)C(C)C.[2H]c1c(OC([2H])([2H])[2H])c(OC)c([2H])c2c1C([2H])([2H])C([2H])([2H])N1CC(CC(C)C)C([2H])(OC(=O)[C@@H](N)C(C)C)C([2H])([2H])C21[2H]. The first-order chi connectivity index (χ1) is 68.8. The van der Waals surface area contributed by atoms with Gasteiger partial charge in [-0.1, -0.05) is 111 Å². The molecule has 0 saturated carbocycles. The van der Waals surface area contributed by atoms with Gasteiger partial charge in [-0.3, -0.25) is 38.8 Å². The molecule has 12 rings (SSSR count). The standard InChI is InChI=1S/4C24H38N2O4/c4*1-14(2)9-17-13-26-8-7-16-10-21(28-5)22(29-6)11-18(16)19(26)12-20(17)30-24(27)23(25)15(3)4/h4*10-11,14-15,17,19-20,23H,7-9,12-13,25H2,1-6H3/t4*17?,19?,20?,23-/m0000/s1/i5D3,7D2,8D2,10D,11D,12D2,19D,20D;5D3,12D2,13D2,17D;2*12D2,13D2,17D. The smallest absolute Gasteiger partial charge is 0.323 e. The van der Waals surface area contributed by atoms with Gasteiger partial charge in [0.15, 0.2) is 46.0 Å². The number of carbonyl (C=O) groups is 4. The summed E-state index contributed by atoms with van der Waals surface area (Å²) in [4.78, 5) is 56.7. The molecule has 4 aromatic carbocycles. The Morgan fingerprint density at radius 1 is 0.400 bits per heavy atom. The van der Waals surface area contributed by atoms with Gasteiger partial charge in [0.2, 0.25) is 0 Å². The van der Waals surface area contributed by atoms with E-state index >= 15 is 0 Å². The molecule has 120 heavy (non-hydrogen) atoms. The van der Waals surface area contributed by atoms with Gasteiger partial charge in [0.05, 0.1) is 70.4 Å². The van der Waals surface area contributed by atoms with Gasteiger partial charge in [0, 0.05) is 154 Å². The lowest BCUT2D eigenvalue weighted by Gasteiger charge is -2.47. The molecule has 0 spiro atoms. The van der Waals surface area contributed by atoms with Gasteiger partial charge in [0.1, 0.15) is 48.6 Å². The maximum absolute atomic E-state index is 13.1. The number of hydrogen-bond donors (Lipinski definition) is 4. The number of nitrogens with zero attached hydrogens (tertiary/aromatic N) is 4. The van der Waals surface area contributed by atoms with Crippen molar-refractivity contribution >= 4 is 23.9 Å². The van der Waals surface area contributed by atoms with Crippen molar-refractivity contribution in [3.8, 4) is 46.0 Å². The zero-order chi connectivity index (χ0) is 115. The Kier molecular flexibility index (Phi) is 22.4. The van der Waals surface area contributed by atoms with E-state index in [9.17, 15) is 37.0 Å². The second-order valence-corrected chi connectivity index (χ2v) is 34.3. The summed E-state index contributed by atoms with van der Waals surface area (Å²) < 4.78 is 338. The minimum Gasteiger partial charge on any atom is -0.493 e. The number of hydrogen-bond acceptors (Lipinski definition) is 24. The Morgan fingerprint density at radius 3 is 1.02 bits per heavy atom. The Morgan fingerprint density at radius 2 is 0.708 bits per heavy atom. The largest absolute Gasteiger partial charge is 0.493 e. The number of nitrogens with two attached hydrogens (primary N) is 4. The van der Waals surface area contributed by atoms with Crippen LogP contribution in [0.1, 0.15) is 273 Å². The fourth-order valence-corrected chi connectivity index (χ4v) is 15.0. The van der Waals surface area contributed by atoms with Crippen LogP contribution in [0.15, 0.2) is 48.5 Å². The van der Waals surface area contributed by atoms with Crippen LogP contribution in [0.4, 0.5) is 0 Å². The van der Waals surface area contributed by atoms with Crippen molar-refractivity contribution < 1.29 is 119 Å². The first kappa shape index (κ1) is 61.2. The summed E-state index contributed by atoms with van der Waals surface area (Å²) in [6.07, 6.45) is -20.7. The number of carbonyl (C=O) groups excluding carboxylic acids is 4. The third kappa shape index (κ3) is 23.8. The topological polar surface area (TPSA) is 296 Å². The highest BCUT2D eigenvalue weighted by Gasteiger charge is 2.47. The van der Waals surface area contributed by atoms with Gasteiger partial charge in [-0.25, -0.2) is 0 Å².